The number of nitrogens with two attached hydrogens (primary N) is 1. The molecule has 0 aliphatic rings. The van der Waals surface area contributed by atoms with E-state index in [1.807, 2.05) is 30.3 Å². The molecule has 4 nitrogen and oxygen atoms in total. The van der Waals surface area contributed by atoms with E-state index >= 15 is 0 Å². The minimum atomic E-state index is -0.409. The van der Waals surface area contributed by atoms with Crippen molar-refractivity contribution >= 4 is 28.2 Å². The Bertz CT molecular complexity index is 1120. The fraction of sp³-hybridized carbons (Fsp3) is 0.0500. The number of halogens is 2. The summed E-state index contributed by atoms with van der Waals surface area (Å²) in [6, 6.07) is 16.0. The molecule has 0 spiro atoms. The Morgan fingerprint density at radius 2 is 1.92 bits per heavy atom. The second-order valence-corrected chi connectivity index (χ2v) is 6.30. The van der Waals surface area contributed by atoms with Crippen molar-refractivity contribution in [3.8, 4) is 22.6 Å². The molecule has 0 saturated heterocycles. The Hall–Kier alpha value is -3.05. The number of aromatic nitrogens is 2. The maximum absolute atomic E-state index is 13.7. The number of nitrogens with zero attached hydrogens (tertiary/aromatic N) is 2. The molecule has 0 radical (unpaired) electrons. The number of rotatable bonds is 3. The summed E-state index contributed by atoms with van der Waals surface area (Å²) in [5.74, 6) is -0.232. The van der Waals surface area contributed by atoms with Crippen LogP contribution >= 0.6 is 11.6 Å². The average molecular weight is 368 g/mol. The molecule has 26 heavy (non-hydrogen) atoms. The molecule has 0 aliphatic carbocycles. The molecule has 0 amide bonds. The van der Waals surface area contributed by atoms with Crippen LogP contribution < -0.4 is 10.5 Å². The predicted molar refractivity (Wildman–Crippen MR) is 102 cm³/mol. The number of hydrogen-bond acceptors (Lipinski definition) is 3. The second-order valence-electron chi connectivity index (χ2n) is 5.89. The molecular weight excluding hydrogens is 353 g/mol. The second kappa shape index (κ2) is 6.35. The highest BCUT2D eigenvalue weighted by Crippen LogP contribution is 2.32. The van der Waals surface area contributed by atoms with Gasteiger partial charge in [0.1, 0.15) is 0 Å². The van der Waals surface area contributed by atoms with Crippen molar-refractivity contribution < 1.29 is 9.13 Å². The van der Waals surface area contributed by atoms with Crippen molar-refractivity contribution in [3.63, 3.8) is 0 Å². The standard InChI is InChI=1S/C20H15ClFN3O/c1-26-20-10-15(4-6-18(20)22)25-19-7-2-12(8-13(19)11-24-25)16-5-3-14(23)9-17(16)21/h2-11H,23H2,1H3. The summed E-state index contributed by atoms with van der Waals surface area (Å²) in [5, 5.41) is 5.97. The van der Waals surface area contributed by atoms with E-state index in [1.165, 1.54) is 13.2 Å². The van der Waals surface area contributed by atoms with Gasteiger partial charge in [-0.2, -0.15) is 5.10 Å². The quantitative estimate of drug-likeness (QED) is 0.514. The van der Waals surface area contributed by atoms with Crippen LogP contribution in [0.5, 0.6) is 5.75 Å². The lowest BCUT2D eigenvalue weighted by Crippen LogP contribution is -1.98. The Balaban J connectivity index is 1.81. The van der Waals surface area contributed by atoms with Crippen LogP contribution in [0.15, 0.2) is 60.8 Å². The molecule has 1 aromatic heterocycles. The van der Waals surface area contributed by atoms with Crippen molar-refractivity contribution in [3.05, 3.63) is 71.6 Å². The van der Waals surface area contributed by atoms with Crippen molar-refractivity contribution in [2.24, 2.45) is 0 Å². The first kappa shape index (κ1) is 16.4. The van der Waals surface area contributed by atoms with Gasteiger partial charge in [-0.3, -0.25) is 0 Å². The van der Waals surface area contributed by atoms with Gasteiger partial charge in [0.05, 0.1) is 29.5 Å². The first-order chi connectivity index (χ1) is 12.6. The van der Waals surface area contributed by atoms with Crippen molar-refractivity contribution in [2.45, 2.75) is 0 Å². The maximum atomic E-state index is 13.7. The van der Waals surface area contributed by atoms with Crippen LogP contribution in [0.2, 0.25) is 5.02 Å². The van der Waals surface area contributed by atoms with E-state index in [-0.39, 0.29) is 5.75 Å². The summed E-state index contributed by atoms with van der Waals surface area (Å²) in [4.78, 5) is 0. The van der Waals surface area contributed by atoms with Crippen LogP contribution in [-0.4, -0.2) is 16.9 Å². The highest BCUT2D eigenvalue weighted by atomic mass is 35.5. The van der Waals surface area contributed by atoms with Gasteiger partial charge in [0.2, 0.25) is 0 Å². The van der Waals surface area contributed by atoms with E-state index in [4.69, 9.17) is 22.1 Å². The molecule has 130 valence electrons. The van der Waals surface area contributed by atoms with Gasteiger partial charge in [0.15, 0.2) is 11.6 Å². The summed E-state index contributed by atoms with van der Waals surface area (Å²) >= 11 is 6.31. The molecule has 0 saturated carbocycles. The van der Waals surface area contributed by atoms with Gasteiger partial charge in [0.25, 0.3) is 0 Å². The predicted octanol–water partition coefficient (Wildman–Crippen LogP) is 5.08. The van der Waals surface area contributed by atoms with Crippen LogP contribution in [0.1, 0.15) is 0 Å². The third kappa shape index (κ3) is 2.76. The topological polar surface area (TPSA) is 53.1 Å². The molecule has 1 heterocycles. The fourth-order valence-corrected chi connectivity index (χ4v) is 3.25. The molecule has 4 aromatic rings. The lowest BCUT2D eigenvalue weighted by molar-refractivity contribution is 0.386. The first-order valence-electron chi connectivity index (χ1n) is 7.94. The number of methoxy groups -OCH3 is 1. The van der Waals surface area contributed by atoms with Gasteiger partial charge in [-0.15, -0.1) is 0 Å². The fourth-order valence-electron chi connectivity index (χ4n) is 2.95. The zero-order valence-electron chi connectivity index (χ0n) is 13.9. The molecule has 0 atom stereocenters. The van der Waals surface area contributed by atoms with E-state index in [1.54, 1.807) is 29.1 Å². The summed E-state index contributed by atoms with van der Waals surface area (Å²) < 4.78 is 20.5. The minimum Gasteiger partial charge on any atom is -0.494 e. The maximum Gasteiger partial charge on any atom is 0.165 e. The van der Waals surface area contributed by atoms with Crippen LogP contribution in [0, 0.1) is 5.82 Å². The van der Waals surface area contributed by atoms with Gasteiger partial charge < -0.3 is 10.5 Å². The number of nitrogen functional groups attached to an aromatic ring is 1. The largest absolute Gasteiger partial charge is 0.494 e. The van der Waals surface area contributed by atoms with E-state index in [2.05, 4.69) is 5.10 Å². The molecule has 6 heteroatoms. The zero-order chi connectivity index (χ0) is 18.3. The van der Waals surface area contributed by atoms with Crippen molar-refractivity contribution in [1.29, 1.82) is 0 Å². The minimum absolute atomic E-state index is 0.177. The smallest absolute Gasteiger partial charge is 0.165 e. The van der Waals surface area contributed by atoms with Crippen LogP contribution in [0.4, 0.5) is 10.1 Å². The van der Waals surface area contributed by atoms with E-state index in [9.17, 15) is 4.39 Å². The number of anilines is 1. The first-order valence-corrected chi connectivity index (χ1v) is 8.32. The number of benzene rings is 3. The van der Waals surface area contributed by atoms with E-state index in [0.717, 1.165) is 27.7 Å². The molecular formula is C20H15ClFN3O. The average Bonchev–Trinajstić information content (AvgIpc) is 3.05. The molecule has 4 rings (SSSR count). The molecule has 0 aliphatic heterocycles. The third-order valence-electron chi connectivity index (χ3n) is 4.25. The Kier molecular flexibility index (Phi) is 4.01. The molecule has 0 unspecified atom stereocenters. The highest BCUT2D eigenvalue weighted by molar-refractivity contribution is 6.33. The third-order valence-corrected chi connectivity index (χ3v) is 4.56. The van der Waals surface area contributed by atoms with Gasteiger partial charge >= 0.3 is 0 Å². The summed E-state index contributed by atoms with van der Waals surface area (Å²) in [7, 11) is 1.44. The van der Waals surface area contributed by atoms with Crippen LogP contribution in [0.3, 0.4) is 0 Å². The number of fused-ring (bicyclic) bond motifs is 1. The Labute approximate surface area is 154 Å². The van der Waals surface area contributed by atoms with E-state index in [0.29, 0.717) is 10.7 Å². The lowest BCUT2D eigenvalue weighted by atomic mass is 10.0. The SMILES string of the molecule is COc1cc(-n2ncc3cc(-c4ccc(N)cc4Cl)ccc32)ccc1F. The molecule has 0 bridgehead atoms. The number of ether oxygens (including phenoxy) is 1. The van der Waals surface area contributed by atoms with Crippen molar-refractivity contribution in [2.75, 3.05) is 12.8 Å². The van der Waals surface area contributed by atoms with Crippen LogP contribution in [0.25, 0.3) is 27.7 Å². The lowest BCUT2D eigenvalue weighted by Gasteiger charge is -2.08. The molecule has 0 fully saturated rings. The molecule has 2 N–H and O–H groups in total. The normalized spacial score (nSPS) is 11.0. The van der Waals surface area contributed by atoms with Gasteiger partial charge in [-0.1, -0.05) is 23.7 Å². The highest BCUT2D eigenvalue weighted by Gasteiger charge is 2.11. The van der Waals surface area contributed by atoms with Crippen molar-refractivity contribution in [1.82, 2.24) is 9.78 Å². The van der Waals surface area contributed by atoms with Gasteiger partial charge in [0, 0.05) is 22.7 Å². The zero-order valence-corrected chi connectivity index (χ0v) is 14.7. The summed E-state index contributed by atoms with van der Waals surface area (Å²) in [6.07, 6.45) is 1.76. The molecule has 3 aromatic carbocycles. The van der Waals surface area contributed by atoms with Gasteiger partial charge in [-0.05, 0) is 42.0 Å². The summed E-state index contributed by atoms with van der Waals surface area (Å²) in [5.41, 5.74) is 9.88. The van der Waals surface area contributed by atoms with E-state index < -0.39 is 5.82 Å². The van der Waals surface area contributed by atoms with Gasteiger partial charge in [-0.25, -0.2) is 9.07 Å². The number of hydrogen-bond donors (Lipinski definition) is 1. The summed E-state index contributed by atoms with van der Waals surface area (Å²) in [6.45, 7) is 0. The Morgan fingerprint density at radius 3 is 2.69 bits per heavy atom. The Morgan fingerprint density at radius 1 is 1.08 bits per heavy atom. The van der Waals surface area contributed by atoms with Crippen LogP contribution in [-0.2, 0) is 0 Å². The monoisotopic (exact) mass is 367 g/mol.